The van der Waals surface area contributed by atoms with Crippen molar-refractivity contribution >= 4 is 0 Å². The largest absolute Gasteiger partial charge is 0.383 e. The highest BCUT2D eigenvalue weighted by Gasteiger charge is 2.25. The number of aliphatic hydroxyl groups excluding tert-OH is 1. The molecule has 0 aliphatic rings. The van der Waals surface area contributed by atoms with Crippen LogP contribution in [0.4, 0.5) is 17.6 Å². The van der Waals surface area contributed by atoms with Gasteiger partial charge in [-0.25, -0.2) is 17.6 Å². The minimum Gasteiger partial charge on any atom is -0.383 e. The van der Waals surface area contributed by atoms with Crippen LogP contribution in [0.5, 0.6) is 0 Å². The van der Waals surface area contributed by atoms with Crippen molar-refractivity contribution in [3.63, 3.8) is 0 Å². The SMILES string of the molecule is O[C@@H](c1ccccc1)c1c(F)c(F)cc(F)c1F. The fourth-order valence-electron chi connectivity index (χ4n) is 1.63. The minimum atomic E-state index is -1.77. The van der Waals surface area contributed by atoms with E-state index in [0.29, 0.717) is 0 Å². The zero-order valence-corrected chi connectivity index (χ0v) is 9.00. The average molecular weight is 256 g/mol. The van der Waals surface area contributed by atoms with Crippen LogP contribution in [0.1, 0.15) is 17.2 Å². The molecule has 0 saturated carbocycles. The van der Waals surface area contributed by atoms with E-state index in [1.165, 1.54) is 24.3 Å². The first-order valence-electron chi connectivity index (χ1n) is 5.08. The number of hydrogen-bond donors (Lipinski definition) is 1. The topological polar surface area (TPSA) is 20.2 Å². The molecule has 0 aromatic heterocycles. The van der Waals surface area contributed by atoms with Crippen molar-refractivity contribution in [1.29, 1.82) is 0 Å². The summed E-state index contributed by atoms with van der Waals surface area (Å²) < 4.78 is 52.9. The Kier molecular flexibility index (Phi) is 3.34. The summed E-state index contributed by atoms with van der Waals surface area (Å²) in [6.45, 7) is 0. The Morgan fingerprint density at radius 3 is 1.83 bits per heavy atom. The van der Waals surface area contributed by atoms with E-state index in [4.69, 9.17) is 0 Å². The van der Waals surface area contributed by atoms with Gasteiger partial charge in [-0.3, -0.25) is 0 Å². The predicted molar refractivity (Wildman–Crippen MR) is 56.8 cm³/mol. The molecule has 2 aromatic carbocycles. The fourth-order valence-corrected chi connectivity index (χ4v) is 1.63. The highest BCUT2D eigenvalue weighted by molar-refractivity contribution is 5.32. The van der Waals surface area contributed by atoms with Crippen LogP contribution in [0.2, 0.25) is 0 Å². The Labute approximate surface area is 100 Å². The number of hydrogen-bond acceptors (Lipinski definition) is 1. The average Bonchev–Trinajstić information content (AvgIpc) is 2.37. The second kappa shape index (κ2) is 4.78. The van der Waals surface area contributed by atoms with E-state index in [-0.39, 0.29) is 11.6 Å². The van der Waals surface area contributed by atoms with Crippen LogP contribution < -0.4 is 0 Å². The van der Waals surface area contributed by atoms with Gasteiger partial charge in [-0.1, -0.05) is 30.3 Å². The third-order valence-electron chi connectivity index (χ3n) is 2.53. The van der Waals surface area contributed by atoms with Gasteiger partial charge in [0.05, 0.1) is 5.56 Å². The lowest BCUT2D eigenvalue weighted by Crippen LogP contribution is -2.09. The molecule has 1 N–H and O–H groups in total. The second-order valence-electron chi connectivity index (χ2n) is 3.70. The van der Waals surface area contributed by atoms with Crippen molar-refractivity contribution in [2.75, 3.05) is 0 Å². The molecule has 18 heavy (non-hydrogen) atoms. The lowest BCUT2D eigenvalue weighted by molar-refractivity contribution is 0.205. The fraction of sp³-hybridized carbons (Fsp3) is 0.0769. The van der Waals surface area contributed by atoms with Gasteiger partial charge in [0.1, 0.15) is 6.10 Å². The summed E-state index contributed by atoms with van der Waals surface area (Å²) in [5.41, 5.74) is -0.890. The number of halogens is 4. The Balaban J connectivity index is 2.58. The van der Waals surface area contributed by atoms with Gasteiger partial charge < -0.3 is 5.11 Å². The zero-order valence-electron chi connectivity index (χ0n) is 9.00. The van der Waals surface area contributed by atoms with E-state index in [0.717, 1.165) is 0 Å². The standard InChI is InChI=1S/C13H8F4O/c14-8-6-9(15)12(17)10(11(8)16)13(18)7-4-2-1-3-5-7/h1-6,13,18H/t13-/m0/s1. The van der Waals surface area contributed by atoms with Crippen molar-refractivity contribution in [3.8, 4) is 0 Å². The molecule has 0 unspecified atom stereocenters. The molecule has 2 rings (SSSR count). The maximum absolute atomic E-state index is 13.4. The molecule has 0 heterocycles. The summed E-state index contributed by atoms with van der Waals surface area (Å²) in [4.78, 5) is 0. The highest BCUT2D eigenvalue weighted by atomic mass is 19.2. The summed E-state index contributed by atoms with van der Waals surface area (Å²) >= 11 is 0. The predicted octanol–water partition coefficient (Wildman–Crippen LogP) is 3.32. The molecular formula is C13H8F4O. The Morgan fingerprint density at radius 2 is 1.33 bits per heavy atom. The normalized spacial score (nSPS) is 12.5. The maximum atomic E-state index is 13.4. The van der Waals surface area contributed by atoms with E-state index in [9.17, 15) is 22.7 Å². The van der Waals surface area contributed by atoms with E-state index >= 15 is 0 Å². The van der Waals surface area contributed by atoms with Gasteiger partial charge in [0.2, 0.25) is 0 Å². The quantitative estimate of drug-likeness (QED) is 0.645. The summed E-state index contributed by atoms with van der Waals surface area (Å²) in [5, 5.41) is 9.79. The molecule has 2 aromatic rings. The van der Waals surface area contributed by atoms with Crippen LogP contribution in [-0.2, 0) is 0 Å². The van der Waals surface area contributed by atoms with Gasteiger partial charge in [-0.05, 0) is 5.56 Å². The molecule has 94 valence electrons. The molecule has 0 spiro atoms. The minimum absolute atomic E-state index is 0.103. The lowest BCUT2D eigenvalue weighted by atomic mass is 10.00. The van der Waals surface area contributed by atoms with Crippen molar-refractivity contribution < 1.29 is 22.7 Å². The van der Waals surface area contributed by atoms with Crippen molar-refractivity contribution in [1.82, 2.24) is 0 Å². The molecular weight excluding hydrogens is 248 g/mol. The van der Waals surface area contributed by atoms with Gasteiger partial charge in [-0.15, -0.1) is 0 Å². The first-order valence-corrected chi connectivity index (χ1v) is 5.08. The van der Waals surface area contributed by atoms with Crippen LogP contribution in [0.3, 0.4) is 0 Å². The third-order valence-corrected chi connectivity index (χ3v) is 2.53. The smallest absolute Gasteiger partial charge is 0.168 e. The number of aliphatic hydroxyl groups is 1. The van der Waals surface area contributed by atoms with Gasteiger partial charge in [0.25, 0.3) is 0 Å². The molecule has 0 saturated heterocycles. The first kappa shape index (κ1) is 12.6. The van der Waals surface area contributed by atoms with Crippen molar-refractivity contribution in [2.24, 2.45) is 0 Å². The van der Waals surface area contributed by atoms with E-state index < -0.39 is 34.9 Å². The summed E-state index contributed by atoms with van der Waals surface area (Å²) in [5.74, 6) is -6.27. The van der Waals surface area contributed by atoms with Gasteiger partial charge in [0, 0.05) is 6.07 Å². The number of rotatable bonds is 2. The van der Waals surface area contributed by atoms with E-state index in [1.807, 2.05) is 0 Å². The molecule has 0 bridgehead atoms. The van der Waals surface area contributed by atoms with Gasteiger partial charge in [-0.2, -0.15) is 0 Å². The van der Waals surface area contributed by atoms with E-state index in [2.05, 4.69) is 0 Å². The van der Waals surface area contributed by atoms with Crippen molar-refractivity contribution in [2.45, 2.75) is 6.10 Å². The van der Waals surface area contributed by atoms with Crippen LogP contribution in [0.25, 0.3) is 0 Å². The second-order valence-corrected chi connectivity index (χ2v) is 3.70. The molecule has 1 atom stereocenters. The van der Waals surface area contributed by atoms with Crippen LogP contribution in [0.15, 0.2) is 36.4 Å². The van der Waals surface area contributed by atoms with Crippen LogP contribution in [0, 0.1) is 23.3 Å². The highest BCUT2D eigenvalue weighted by Crippen LogP contribution is 2.29. The molecule has 1 nitrogen and oxygen atoms in total. The van der Waals surface area contributed by atoms with Gasteiger partial charge >= 0.3 is 0 Å². The first-order chi connectivity index (χ1) is 8.52. The number of benzene rings is 2. The summed E-state index contributed by atoms with van der Waals surface area (Å²) in [6.07, 6.45) is -1.77. The van der Waals surface area contributed by atoms with Crippen molar-refractivity contribution in [3.05, 3.63) is 70.8 Å². The monoisotopic (exact) mass is 256 g/mol. The lowest BCUT2D eigenvalue weighted by Gasteiger charge is -2.14. The molecule has 0 fully saturated rings. The molecule has 5 heteroatoms. The van der Waals surface area contributed by atoms with Gasteiger partial charge in [0.15, 0.2) is 23.3 Å². The third kappa shape index (κ3) is 2.09. The molecule has 0 aliphatic carbocycles. The molecule has 0 aliphatic heterocycles. The maximum Gasteiger partial charge on any atom is 0.168 e. The summed E-state index contributed by atoms with van der Waals surface area (Å²) in [7, 11) is 0. The van der Waals surface area contributed by atoms with Crippen LogP contribution >= 0.6 is 0 Å². The Morgan fingerprint density at radius 1 is 0.833 bits per heavy atom. The van der Waals surface area contributed by atoms with E-state index in [1.54, 1.807) is 6.07 Å². The molecule has 0 amide bonds. The zero-order chi connectivity index (χ0) is 13.3. The Bertz CT molecular complexity index is 543. The molecule has 0 radical (unpaired) electrons. The van der Waals surface area contributed by atoms with Crippen LogP contribution in [-0.4, -0.2) is 5.11 Å². The Hall–Kier alpha value is -1.88. The summed E-state index contributed by atoms with van der Waals surface area (Å²) in [6, 6.07) is 7.59.